The van der Waals surface area contributed by atoms with Gasteiger partial charge in [-0.15, -0.1) is 0 Å². The molecule has 1 heterocycles. The van der Waals surface area contributed by atoms with E-state index in [0.717, 1.165) is 22.9 Å². The van der Waals surface area contributed by atoms with Gasteiger partial charge in [0, 0.05) is 16.9 Å². The van der Waals surface area contributed by atoms with Crippen LogP contribution in [0.1, 0.15) is 16.7 Å². The van der Waals surface area contributed by atoms with Crippen LogP contribution in [0.4, 0.5) is 0 Å². The quantitative estimate of drug-likeness (QED) is 0.876. The van der Waals surface area contributed by atoms with Crippen molar-refractivity contribution in [2.45, 2.75) is 18.4 Å². The van der Waals surface area contributed by atoms with Crippen molar-refractivity contribution in [2.75, 3.05) is 0 Å². The SMILES string of the molecule is NC1(c2cncc(Br)c2)Cc2ccccc2C1. The number of nitrogens with zero attached hydrogens (tertiary/aromatic N) is 1. The van der Waals surface area contributed by atoms with Crippen molar-refractivity contribution < 1.29 is 0 Å². The summed E-state index contributed by atoms with van der Waals surface area (Å²) in [6.07, 6.45) is 5.44. The van der Waals surface area contributed by atoms with E-state index < -0.39 is 0 Å². The molecular formula is C14H13BrN2. The molecule has 2 nitrogen and oxygen atoms in total. The lowest BCUT2D eigenvalue weighted by molar-refractivity contribution is 0.471. The fourth-order valence-corrected chi connectivity index (χ4v) is 2.90. The second-order valence-corrected chi connectivity index (χ2v) is 5.59. The number of halogens is 1. The normalized spacial score (nSPS) is 16.8. The van der Waals surface area contributed by atoms with E-state index in [1.165, 1.54) is 11.1 Å². The Kier molecular flexibility index (Phi) is 2.53. The zero-order valence-electron chi connectivity index (χ0n) is 9.36. The predicted molar refractivity (Wildman–Crippen MR) is 71.7 cm³/mol. The summed E-state index contributed by atoms with van der Waals surface area (Å²) in [5, 5.41) is 0. The van der Waals surface area contributed by atoms with E-state index in [9.17, 15) is 0 Å². The van der Waals surface area contributed by atoms with Crippen LogP contribution >= 0.6 is 15.9 Å². The van der Waals surface area contributed by atoms with Crippen LogP contribution in [0.25, 0.3) is 0 Å². The molecule has 1 aliphatic carbocycles. The number of hydrogen-bond donors (Lipinski definition) is 1. The largest absolute Gasteiger partial charge is 0.321 e. The number of benzene rings is 1. The van der Waals surface area contributed by atoms with Crippen molar-refractivity contribution >= 4 is 15.9 Å². The summed E-state index contributed by atoms with van der Waals surface area (Å²) < 4.78 is 0.982. The van der Waals surface area contributed by atoms with Crippen molar-refractivity contribution in [3.05, 3.63) is 63.9 Å². The van der Waals surface area contributed by atoms with Gasteiger partial charge in [-0.2, -0.15) is 0 Å². The minimum atomic E-state index is -0.305. The summed E-state index contributed by atoms with van der Waals surface area (Å²) in [7, 11) is 0. The first-order chi connectivity index (χ1) is 8.17. The monoisotopic (exact) mass is 288 g/mol. The lowest BCUT2D eigenvalue weighted by Crippen LogP contribution is -2.37. The van der Waals surface area contributed by atoms with Gasteiger partial charge in [-0.3, -0.25) is 4.98 Å². The molecular weight excluding hydrogens is 276 g/mol. The maximum absolute atomic E-state index is 6.54. The second kappa shape index (κ2) is 3.93. The van der Waals surface area contributed by atoms with Gasteiger partial charge in [-0.1, -0.05) is 24.3 Å². The molecule has 2 N–H and O–H groups in total. The average molecular weight is 289 g/mol. The van der Waals surface area contributed by atoms with Gasteiger partial charge in [0.25, 0.3) is 0 Å². The molecule has 1 aromatic heterocycles. The van der Waals surface area contributed by atoms with Crippen molar-refractivity contribution in [3.8, 4) is 0 Å². The Labute approximate surface area is 109 Å². The van der Waals surface area contributed by atoms with Gasteiger partial charge in [-0.25, -0.2) is 0 Å². The third-order valence-electron chi connectivity index (χ3n) is 3.41. The highest BCUT2D eigenvalue weighted by molar-refractivity contribution is 9.10. The van der Waals surface area contributed by atoms with Gasteiger partial charge >= 0.3 is 0 Å². The van der Waals surface area contributed by atoms with Crippen molar-refractivity contribution in [1.82, 2.24) is 4.98 Å². The minimum absolute atomic E-state index is 0.305. The highest BCUT2D eigenvalue weighted by Crippen LogP contribution is 2.35. The van der Waals surface area contributed by atoms with Gasteiger partial charge in [-0.05, 0) is 51.5 Å². The number of aromatic nitrogens is 1. The van der Waals surface area contributed by atoms with E-state index in [4.69, 9.17) is 5.73 Å². The molecule has 0 spiro atoms. The van der Waals surface area contributed by atoms with E-state index >= 15 is 0 Å². The Morgan fingerprint density at radius 2 is 1.76 bits per heavy atom. The Morgan fingerprint density at radius 3 is 2.35 bits per heavy atom. The highest BCUT2D eigenvalue weighted by atomic mass is 79.9. The predicted octanol–water partition coefficient (Wildman–Crippen LogP) is 2.80. The van der Waals surface area contributed by atoms with Crippen LogP contribution in [0.5, 0.6) is 0 Å². The highest BCUT2D eigenvalue weighted by Gasteiger charge is 2.35. The minimum Gasteiger partial charge on any atom is -0.321 e. The first-order valence-electron chi connectivity index (χ1n) is 5.64. The molecule has 0 atom stereocenters. The molecule has 3 heteroatoms. The second-order valence-electron chi connectivity index (χ2n) is 4.67. The smallest absolute Gasteiger partial charge is 0.0507 e. The van der Waals surface area contributed by atoms with Crippen LogP contribution in [0, 0.1) is 0 Å². The molecule has 17 heavy (non-hydrogen) atoms. The van der Waals surface area contributed by atoms with E-state index in [0.29, 0.717) is 0 Å². The number of nitrogens with two attached hydrogens (primary N) is 1. The molecule has 86 valence electrons. The van der Waals surface area contributed by atoms with Crippen LogP contribution in [-0.2, 0) is 18.4 Å². The number of hydrogen-bond acceptors (Lipinski definition) is 2. The van der Waals surface area contributed by atoms with Crippen LogP contribution in [0.3, 0.4) is 0 Å². The third kappa shape index (κ3) is 1.90. The Bertz CT molecular complexity index is 541. The summed E-state index contributed by atoms with van der Waals surface area (Å²) in [5.41, 5.74) is 10.0. The van der Waals surface area contributed by atoms with Gasteiger partial charge in [0.2, 0.25) is 0 Å². The van der Waals surface area contributed by atoms with Crippen LogP contribution in [0.15, 0.2) is 47.2 Å². The molecule has 2 aromatic rings. The van der Waals surface area contributed by atoms with Crippen LogP contribution < -0.4 is 5.73 Å². The molecule has 1 aliphatic rings. The third-order valence-corrected chi connectivity index (χ3v) is 3.84. The zero-order chi connectivity index (χ0) is 11.9. The first kappa shape index (κ1) is 10.9. The zero-order valence-corrected chi connectivity index (χ0v) is 10.9. The summed E-state index contributed by atoms with van der Waals surface area (Å²) in [5.74, 6) is 0. The molecule has 0 amide bonds. The first-order valence-corrected chi connectivity index (χ1v) is 6.43. The van der Waals surface area contributed by atoms with E-state index in [-0.39, 0.29) is 5.54 Å². The van der Waals surface area contributed by atoms with Gasteiger partial charge in [0.15, 0.2) is 0 Å². The maximum Gasteiger partial charge on any atom is 0.0507 e. The summed E-state index contributed by atoms with van der Waals surface area (Å²) >= 11 is 3.45. The summed E-state index contributed by atoms with van der Waals surface area (Å²) in [6.45, 7) is 0. The molecule has 1 aromatic carbocycles. The summed E-state index contributed by atoms with van der Waals surface area (Å²) in [6, 6.07) is 10.5. The van der Waals surface area contributed by atoms with Crippen LogP contribution in [-0.4, -0.2) is 4.98 Å². The Balaban J connectivity index is 2.01. The maximum atomic E-state index is 6.54. The fraction of sp³-hybridized carbons (Fsp3) is 0.214. The van der Waals surface area contributed by atoms with E-state index in [1.54, 1.807) is 6.20 Å². The standard InChI is InChI=1S/C14H13BrN2/c15-13-5-12(8-17-9-13)14(16)6-10-3-1-2-4-11(10)7-14/h1-5,8-9H,6-7,16H2. The molecule has 0 saturated carbocycles. The lowest BCUT2D eigenvalue weighted by atomic mass is 9.89. The van der Waals surface area contributed by atoms with Crippen molar-refractivity contribution in [3.63, 3.8) is 0 Å². The summed E-state index contributed by atoms with van der Waals surface area (Å²) in [4.78, 5) is 4.21. The number of rotatable bonds is 1. The van der Waals surface area contributed by atoms with Crippen molar-refractivity contribution in [2.24, 2.45) is 5.73 Å². The molecule has 0 unspecified atom stereocenters. The topological polar surface area (TPSA) is 38.9 Å². The van der Waals surface area contributed by atoms with E-state index in [2.05, 4.69) is 51.2 Å². The number of fused-ring (bicyclic) bond motifs is 1. The average Bonchev–Trinajstić information content (AvgIpc) is 2.66. The molecule has 3 rings (SSSR count). The molecule has 0 radical (unpaired) electrons. The van der Waals surface area contributed by atoms with Gasteiger partial charge in [0.05, 0.1) is 5.54 Å². The van der Waals surface area contributed by atoms with Gasteiger partial charge < -0.3 is 5.73 Å². The molecule has 0 bridgehead atoms. The fourth-order valence-electron chi connectivity index (χ4n) is 2.53. The molecule has 0 saturated heterocycles. The van der Waals surface area contributed by atoms with E-state index in [1.807, 2.05) is 6.20 Å². The Morgan fingerprint density at radius 1 is 1.12 bits per heavy atom. The van der Waals surface area contributed by atoms with Crippen molar-refractivity contribution in [1.29, 1.82) is 0 Å². The number of pyridine rings is 1. The lowest BCUT2D eigenvalue weighted by Gasteiger charge is -2.24. The van der Waals surface area contributed by atoms with Crippen LogP contribution in [0.2, 0.25) is 0 Å². The Hall–Kier alpha value is -1.19. The van der Waals surface area contributed by atoms with Gasteiger partial charge in [0.1, 0.15) is 0 Å². The molecule has 0 aliphatic heterocycles. The molecule has 0 fully saturated rings.